The molecule has 0 bridgehead atoms. The highest BCUT2D eigenvalue weighted by Crippen LogP contribution is 2.51. The molecule has 1 heterocycles. The van der Waals surface area contributed by atoms with E-state index >= 15 is 0 Å². The largest absolute Gasteiger partial charge is 0.478 e. The molecular weight excluding hydrogens is 320 g/mol. The summed E-state index contributed by atoms with van der Waals surface area (Å²) < 4.78 is 0. The van der Waals surface area contributed by atoms with Gasteiger partial charge in [-0.3, -0.25) is 10.1 Å². The van der Waals surface area contributed by atoms with Gasteiger partial charge in [0.2, 0.25) is 0 Å². The van der Waals surface area contributed by atoms with Crippen LogP contribution in [0.25, 0.3) is 0 Å². The SMILES string of the molecule is O=C(O)c1ccc([N+](=O)[O-])c2c1N[C@H]([C@@H]1CC=CCC1)[C@@H]1CC=C[C@H]21. The van der Waals surface area contributed by atoms with Crippen molar-refractivity contribution in [2.24, 2.45) is 11.8 Å². The number of aromatic carboxylic acids is 1. The van der Waals surface area contributed by atoms with Crippen molar-refractivity contribution >= 4 is 17.3 Å². The highest BCUT2D eigenvalue weighted by Gasteiger charge is 2.44. The molecule has 6 heteroatoms. The van der Waals surface area contributed by atoms with Gasteiger partial charge in [0.25, 0.3) is 5.69 Å². The molecule has 4 rings (SSSR count). The number of nitro groups is 1. The molecule has 0 saturated carbocycles. The van der Waals surface area contributed by atoms with Gasteiger partial charge >= 0.3 is 5.97 Å². The lowest BCUT2D eigenvalue weighted by Gasteiger charge is -2.42. The van der Waals surface area contributed by atoms with Gasteiger partial charge in [-0.05, 0) is 43.6 Å². The van der Waals surface area contributed by atoms with Crippen molar-refractivity contribution in [2.75, 3.05) is 5.32 Å². The van der Waals surface area contributed by atoms with E-state index in [4.69, 9.17) is 0 Å². The maximum absolute atomic E-state index is 11.7. The topological polar surface area (TPSA) is 92.5 Å². The summed E-state index contributed by atoms with van der Waals surface area (Å²) in [6.45, 7) is 0. The number of anilines is 1. The predicted molar refractivity (Wildman–Crippen MR) is 93.9 cm³/mol. The smallest absolute Gasteiger partial charge is 0.337 e. The molecule has 1 aromatic rings. The van der Waals surface area contributed by atoms with E-state index in [1.165, 1.54) is 12.1 Å². The number of nitro benzene ring substituents is 1. The number of hydrogen-bond acceptors (Lipinski definition) is 4. The Morgan fingerprint density at radius 3 is 2.76 bits per heavy atom. The second kappa shape index (κ2) is 6.02. The van der Waals surface area contributed by atoms with E-state index in [-0.39, 0.29) is 29.1 Å². The predicted octanol–water partition coefficient (Wildman–Crippen LogP) is 4.10. The summed E-state index contributed by atoms with van der Waals surface area (Å²) in [5, 5.41) is 24.5. The maximum atomic E-state index is 11.7. The normalized spacial score (nSPS) is 29.6. The highest BCUT2D eigenvalue weighted by molar-refractivity contribution is 5.97. The van der Waals surface area contributed by atoms with Crippen LogP contribution in [0, 0.1) is 22.0 Å². The van der Waals surface area contributed by atoms with Crippen molar-refractivity contribution in [3.8, 4) is 0 Å². The minimum Gasteiger partial charge on any atom is -0.478 e. The maximum Gasteiger partial charge on any atom is 0.337 e. The summed E-state index contributed by atoms with van der Waals surface area (Å²) >= 11 is 0. The van der Waals surface area contributed by atoms with E-state index < -0.39 is 10.9 Å². The average Bonchev–Trinajstić information content (AvgIpc) is 3.10. The molecule has 0 amide bonds. The Kier molecular flexibility index (Phi) is 3.82. The van der Waals surface area contributed by atoms with Gasteiger partial charge in [-0.15, -0.1) is 0 Å². The third-order valence-electron chi connectivity index (χ3n) is 5.79. The molecule has 2 N–H and O–H groups in total. The van der Waals surface area contributed by atoms with Gasteiger partial charge < -0.3 is 10.4 Å². The molecule has 0 fully saturated rings. The van der Waals surface area contributed by atoms with Crippen molar-refractivity contribution in [3.05, 3.63) is 57.7 Å². The number of rotatable bonds is 3. The van der Waals surface area contributed by atoms with Crippen LogP contribution in [0.2, 0.25) is 0 Å². The van der Waals surface area contributed by atoms with E-state index in [1.807, 2.05) is 6.08 Å². The lowest BCUT2D eigenvalue weighted by Crippen LogP contribution is -2.42. The van der Waals surface area contributed by atoms with E-state index in [1.54, 1.807) is 0 Å². The van der Waals surface area contributed by atoms with Crippen LogP contribution >= 0.6 is 0 Å². The van der Waals surface area contributed by atoms with Crippen molar-refractivity contribution in [2.45, 2.75) is 37.6 Å². The Morgan fingerprint density at radius 2 is 2.08 bits per heavy atom. The number of nitrogens with one attached hydrogen (secondary N) is 1. The fourth-order valence-electron chi connectivity index (χ4n) is 4.68. The van der Waals surface area contributed by atoms with Gasteiger partial charge in [0.15, 0.2) is 0 Å². The molecule has 0 aromatic heterocycles. The number of carboxylic acid groups (broad SMARTS) is 1. The van der Waals surface area contributed by atoms with Crippen LogP contribution < -0.4 is 5.32 Å². The van der Waals surface area contributed by atoms with Gasteiger partial charge in [0.1, 0.15) is 0 Å². The highest BCUT2D eigenvalue weighted by atomic mass is 16.6. The van der Waals surface area contributed by atoms with Crippen LogP contribution in [-0.4, -0.2) is 22.0 Å². The van der Waals surface area contributed by atoms with Crippen LogP contribution in [0.4, 0.5) is 11.4 Å². The van der Waals surface area contributed by atoms with Crippen molar-refractivity contribution in [1.29, 1.82) is 0 Å². The molecule has 2 aliphatic carbocycles. The van der Waals surface area contributed by atoms with Crippen LogP contribution in [0.5, 0.6) is 0 Å². The van der Waals surface area contributed by atoms with Crippen molar-refractivity contribution in [3.63, 3.8) is 0 Å². The number of fused-ring (bicyclic) bond motifs is 3. The molecule has 25 heavy (non-hydrogen) atoms. The minimum atomic E-state index is -1.05. The second-order valence-electron chi connectivity index (χ2n) is 7.05. The number of carboxylic acids is 1. The van der Waals surface area contributed by atoms with Gasteiger partial charge in [0.05, 0.1) is 21.7 Å². The summed E-state index contributed by atoms with van der Waals surface area (Å²) in [5.74, 6) is -0.480. The standard InChI is InChI=1S/C19H20N2O4/c22-19(23)14-9-10-15(21(24)25)16-12-7-4-8-13(12)17(20-18(14)16)11-5-2-1-3-6-11/h1-2,4,7,9-13,17,20H,3,5-6,8H2,(H,22,23)/t11-,12+,13-,17-/m1/s1. The molecule has 0 spiro atoms. The first-order chi connectivity index (χ1) is 12.1. The molecule has 3 aliphatic rings. The molecule has 0 saturated heterocycles. The van der Waals surface area contributed by atoms with Gasteiger partial charge in [-0.1, -0.05) is 24.3 Å². The Labute approximate surface area is 145 Å². The Hall–Kier alpha value is -2.63. The Morgan fingerprint density at radius 1 is 1.24 bits per heavy atom. The third kappa shape index (κ3) is 2.52. The van der Waals surface area contributed by atoms with E-state index in [0.29, 0.717) is 17.2 Å². The molecule has 1 aromatic carbocycles. The fourth-order valence-corrected chi connectivity index (χ4v) is 4.68. The summed E-state index contributed by atoms with van der Waals surface area (Å²) in [4.78, 5) is 22.8. The molecule has 130 valence electrons. The number of allylic oxidation sites excluding steroid dienone is 4. The summed E-state index contributed by atoms with van der Waals surface area (Å²) in [6, 6.07) is 2.82. The summed E-state index contributed by atoms with van der Waals surface area (Å²) in [6.07, 6.45) is 12.4. The molecule has 1 aliphatic heterocycles. The van der Waals surface area contributed by atoms with Crippen LogP contribution in [0.3, 0.4) is 0 Å². The average molecular weight is 340 g/mol. The summed E-state index contributed by atoms with van der Waals surface area (Å²) in [5.41, 5.74) is 1.10. The number of carbonyl (C=O) groups is 1. The zero-order valence-corrected chi connectivity index (χ0v) is 13.7. The molecule has 6 nitrogen and oxygen atoms in total. The van der Waals surface area contributed by atoms with Crippen LogP contribution in [0.1, 0.15) is 47.5 Å². The van der Waals surface area contributed by atoms with Crippen molar-refractivity contribution < 1.29 is 14.8 Å². The first kappa shape index (κ1) is 15.9. The molecule has 4 atom stereocenters. The fraction of sp³-hybridized carbons (Fsp3) is 0.421. The lowest BCUT2D eigenvalue weighted by atomic mass is 9.71. The van der Waals surface area contributed by atoms with Crippen LogP contribution in [0.15, 0.2) is 36.4 Å². The monoisotopic (exact) mass is 340 g/mol. The zero-order valence-electron chi connectivity index (χ0n) is 13.7. The van der Waals surface area contributed by atoms with Crippen LogP contribution in [-0.2, 0) is 0 Å². The first-order valence-corrected chi connectivity index (χ1v) is 8.70. The molecule has 0 radical (unpaired) electrons. The van der Waals surface area contributed by atoms with Crippen molar-refractivity contribution in [1.82, 2.24) is 0 Å². The van der Waals surface area contributed by atoms with E-state index in [0.717, 1.165) is 25.7 Å². The van der Waals surface area contributed by atoms with E-state index in [9.17, 15) is 20.0 Å². The number of hydrogen-bond donors (Lipinski definition) is 2. The molecule has 0 unspecified atom stereocenters. The Bertz CT molecular complexity index is 799. The molecular formula is C19H20N2O4. The second-order valence-corrected chi connectivity index (χ2v) is 7.05. The van der Waals surface area contributed by atoms with Gasteiger partial charge in [0, 0.05) is 18.0 Å². The zero-order chi connectivity index (χ0) is 17.6. The first-order valence-electron chi connectivity index (χ1n) is 8.70. The van der Waals surface area contributed by atoms with Gasteiger partial charge in [-0.25, -0.2) is 4.79 Å². The lowest BCUT2D eigenvalue weighted by molar-refractivity contribution is -0.385. The number of nitrogens with zero attached hydrogens (tertiary/aromatic N) is 1. The van der Waals surface area contributed by atoms with E-state index in [2.05, 4.69) is 23.5 Å². The minimum absolute atomic E-state index is 0.0102. The number of benzene rings is 1. The van der Waals surface area contributed by atoms with Gasteiger partial charge in [-0.2, -0.15) is 0 Å². The summed E-state index contributed by atoms with van der Waals surface area (Å²) in [7, 11) is 0. The third-order valence-corrected chi connectivity index (χ3v) is 5.79. The quantitative estimate of drug-likeness (QED) is 0.491. The Balaban J connectivity index is 1.85.